The van der Waals surface area contributed by atoms with Gasteiger partial charge >= 0.3 is 0 Å². The fraction of sp³-hybridized carbons (Fsp3) is 0.562. The number of rotatable bonds is 9. The lowest BCUT2D eigenvalue weighted by molar-refractivity contribution is 0.0650. The summed E-state index contributed by atoms with van der Waals surface area (Å²) >= 11 is 0. The van der Waals surface area contributed by atoms with E-state index < -0.39 is 6.10 Å². The van der Waals surface area contributed by atoms with Gasteiger partial charge in [-0.15, -0.1) is 0 Å². The number of nitriles is 1. The molecule has 4 nitrogen and oxygen atoms in total. The molecule has 0 amide bonds. The average Bonchev–Trinajstić information content (AvgIpc) is 2.43. The summed E-state index contributed by atoms with van der Waals surface area (Å²) in [6.07, 6.45) is -0.0634. The molecule has 0 saturated heterocycles. The van der Waals surface area contributed by atoms with Crippen molar-refractivity contribution in [1.82, 2.24) is 4.90 Å². The van der Waals surface area contributed by atoms with Crippen LogP contribution in [0.15, 0.2) is 30.3 Å². The predicted octanol–water partition coefficient (Wildman–Crippen LogP) is 2.30. The van der Waals surface area contributed by atoms with Crippen molar-refractivity contribution in [3.63, 3.8) is 0 Å². The highest BCUT2D eigenvalue weighted by molar-refractivity contribution is 5.20. The largest absolute Gasteiger partial charge is 0.491 e. The molecule has 0 aromatic heterocycles. The van der Waals surface area contributed by atoms with E-state index in [2.05, 4.69) is 24.8 Å². The van der Waals surface area contributed by atoms with Gasteiger partial charge in [0.1, 0.15) is 18.5 Å². The standard InChI is InChI=1S/C16H24N2O2/c1-14(2)11-18(10-6-9-17)12-15(19)13-20-16-7-4-3-5-8-16/h3-5,7-8,14-15,19H,6,10-13H2,1-2H3/t15-/m1/s1. The lowest BCUT2D eigenvalue weighted by Gasteiger charge is -2.25. The third-order valence-electron chi connectivity index (χ3n) is 2.82. The number of benzene rings is 1. The van der Waals surface area contributed by atoms with Gasteiger partial charge in [-0.3, -0.25) is 4.90 Å². The summed E-state index contributed by atoms with van der Waals surface area (Å²) < 4.78 is 5.54. The maximum Gasteiger partial charge on any atom is 0.119 e. The molecule has 1 rings (SSSR count). The third kappa shape index (κ3) is 7.13. The molecule has 0 saturated carbocycles. The first-order valence-corrected chi connectivity index (χ1v) is 7.07. The van der Waals surface area contributed by atoms with Crippen LogP contribution in [-0.4, -0.2) is 42.4 Å². The summed E-state index contributed by atoms with van der Waals surface area (Å²) in [5, 5.41) is 18.7. The lowest BCUT2D eigenvalue weighted by atomic mass is 10.2. The molecule has 110 valence electrons. The number of aliphatic hydroxyl groups excluding tert-OH is 1. The van der Waals surface area contributed by atoms with Gasteiger partial charge in [0.05, 0.1) is 6.07 Å². The molecule has 4 heteroatoms. The van der Waals surface area contributed by atoms with E-state index in [1.807, 2.05) is 30.3 Å². The van der Waals surface area contributed by atoms with E-state index in [9.17, 15) is 5.11 Å². The monoisotopic (exact) mass is 276 g/mol. The maximum atomic E-state index is 10.0. The van der Waals surface area contributed by atoms with Gasteiger partial charge in [-0.05, 0) is 18.1 Å². The highest BCUT2D eigenvalue weighted by atomic mass is 16.5. The van der Waals surface area contributed by atoms with E-state index in [-0.39, 0.29) is 6.61 Å². The molecular formula is C16H24N2O2. The van der Waals surface area contributed by atoms with Gasteiger partial charge in [0.25, 0.3) is 0 Å². The summed E-state index contributed by atoms with van der Waals surface area (Å²) in [6, 6.07) is 11.6. The highest BCUT2D eigenvalue weighted by Gasteiger charge is 2.13. The van der Waals surface area contributed by atoms with Crippen LogP contribution in [-0.2, 0) is 0 Å². The van der Waals surface area contributed by atoms with Crippen molar-refractivity contribution in [3.8, 4) is 11.8 Å². The molecule has 1 atom stereocenters. The molecule has 0 radical (unpaired) electrons. The van der Waals surface area contributed by atoms with E-state index in [1.165, 1.54) is 0 Å². The van der Waals surface area contributed by atoms with Gasteiger partial charge in [0.15, 0.2) is 0 Å². The zero-order chi connectivity index (χ0) is 14.8. The molecule has 0 aliphatic heterocycles. The van der Waals surface area contributed by atoms with Crippen molar-refractivity contribution in [3.05, 3.63) is 30.3 Å². The van der Waals surface area contributed by atoms with Crippen LogP contribution < -0.4 is 4.74 Å². The topological polar surface area (TPSA) is 56.5 Å². The van der Waals surface area contributed by atoms with Gasteiger partial charge in [-0.25, -0.2) is 0 Å². The Balaban J connectivity index is 2.36. The van der Waals surface area contributed by atoms with Gasteiger partial charge < -0.3 is 9.84 Å². The van der Waals surface area contributed by atoms with Gasteiger partial charge in [-0.2, -0.15) is 5.26 Å². The normalized spacial score (nSPS) is 12.4. The van der Waals surface area contributed by atoms with Gasteiger partial charge in [-0.1, -0.05) is 32.0 Å². The number of nitrogens with zero attached hydrogens (tertiary/aromatic N) is 2. The summed E-state index contributed by atoms with van der Waals surface area (Å²) in [5.41, 5.74) is 0. The minimum Gasteiger partial charge on any atom is -0.491 e. The molecule has 1 N–H and O–H groups in total. The molecule has 20 heavy (non-hydrogen) atoms. The molecule has 0 unspecified atom stereocenters. The zero-order valence-corrected chi connectivity index (χ0v) is 12.3. The molecule has 0 aliphatic carbocycles. The Bertz CT molecular complexity index is 401. The molecule has 1 aromatic rings. The van der Waals surface area contributed by atoms with E-state index in [4.69, 9.17) is 10.00 Å². The molecule has 0 fully saturated rings. The molecule has 0 heterocycles. The first-order valence-electron chi connectivity index (χ1n) is 7.07. The first kappa shape index (κ1) is 16.5. The second-order valence-electron chi connectivity index (χ2n) is 5.34. The van der Waals surface area contributed by atoms with E-state index in [1.54, 1.807) is 0 Å². The Morgan fingerprint density at radius 1 is 1.25 bits per heavy atom. The Kier molecular flexibility index (Phi) is 7.71. The molecule has 0 aliphatic rings. The quantitative estimate of drug-likeness (QED) is 0.752. The molecule has 0 bridgehead atoms. The van der Waals surface area contributed by atoms with Crippen molar-refractivity contribution >= 4 is 0 Å². The van der Waals surface area contributed by atoms with Crippen molar-refractivity contribution < 1.29 is 9.84 Å². The summed E-state index contributed by atoms with van der Waals surface area (Å²) in [5.74, 6) is 1.27. The van der Waals surface area contributed by atoms with Crippen LogP contribution in [0.1, 0.15) is 20.3 Å². The van der Waals surface area contributed by atoms with Gasteiger partial charge in [0.2, 0.25) is 0 Å². The molecular weight excluding hydrogens is 252 g/mol. The first-order chi connectivity index (χ1) is 9.61. The predicted molar refractivity (Wildman–Crippen MR) is 79.5 cm³/mol. The number of ether oxygens (including phenoxy) is 1. The smallest absolute Gasteiger partial charge is 0.119 e. The SMILES string of the molecule is CC(C)CN(CCC#N)C[C@@H](O)COc1ccccc1. The number of para-hydroxylation sites is 1. The Morgan fingerprint density at radius 3 is 2.55 bits per heavy atom. The van der Waals surface area contributed by atoms with Gasteiger partial charge in [0, 0.05) is 26.1 Å². The maximum absolute atomic E-state index is 10.0. The van der Waals surface area contributed by atoms with Crippen LogP contribution in [0.2, 0.25) is 0 Å². The molecule has 1 aromatic carbocycles. The minimum absolute atomic E-state index is 0.269. The Labute approximate surface area is 121 Å². The van der Waals surface area contributed by atoms with Crippen molar-refractivity contribution in [1.29, 1.82) is 5.26 Å². The average molecular weight is 276 g/mol. The number of hydrogen-bond acceptors (Lipinski definition) is 4. The van der Waals surface area contributed by atoms with Crippen LogP contribution in [0.4, 0.5) is 0 Å². The van der Waals surface area contributed by atoms with Crippen LogP contribution >= 0.6 is 0 Å². The van der Waals surface area contributed by atoms with E-state index in [0.717, 1.165) is 12.3 Å². The minimum atomic E-state index is -0.548. The zero-order valence-electron chi connectivity index (χ0n) is 12.3. The lowest BCUT2D eigenvalue weighted by Crippen LogP contribution is -2.38. The van der Waals surface area contributed by atoms with Crippen LogP contribution in [0.5, 0.6) is 5.75 Å². The molecule has 0 spiro atoms. The van der Waals surface area contributed by atoms with Crippen molar-refractivity contribution in [2.75, 3.05) is 26.2 Å². The number of hydrogen-bond donors (Lipinski definition) is 1. The summed E-state index contributed by atoms with van der Waals surface area (Å²) in [6.45, 7) is 6.64. The number of aliphatic hydroxyl groups is 1. The summed E-state index contributed by atoms with van der Waals surface area (Å²) in [7, 11) is 0. The van der Waals surface area contributed by atoms with Crippen LogP contribution in [0.25, 0.3) is 0 Å². The second kappa shape index (κ2) is 9.35. The van der Waals surface area contributed by atoms with Crippen molar-refractivity contribution in [2.45, 2.75) is 26.4 Å². The Morgan fingerprint density at radius 2 is 1.95 bits per heavy atom. The Hall–Kier alpha value is -1.57. The third-order valence-corrected chi connectivity index (χ3v) is 2.82. The second-order valence-corrected chi connectivity index (χ2v) is 5.34. The fourth-order valence-corrected chi connectivity index (χ4v) is 2.04. The van der Waals surface area contributed by atoms with Crippen LogP contribution in [0.3, 0.4) is 0 Å². The summed E-state index contributed by atoms with van der Waals surface area (Å²) in [4.78, 5) is 2.12. The highest BCUT2D eigenvalue weighted by Crippen LogP contribution is 2.09. The van der Waals surface area contributed by atoms with E-state index in [0.29, 0.717) is 25.4 Å². The fourth-order valence-electron chi connectivity index (χ4n) is 2.04. The van der Waals surface area contributed by atoms with E-state index >= 15 is 0 Å². The van der Waals surface area contributed by atoms with Crippen molar-refractivity contribution in [2.24, 2.45) is 5.92 Å². The van der Waals surface area contributed by atoms with Crippen LogP contribution in [0, 0.1) is 17.2 Å².